The molecule has 0 aromatic rings. The molecule has 18 atom stereocenters. The summed E-state index contributed by atoms with van der Waals surface area (Å²) < 4.78 is 50.5. The minimum Gasteiger partial charge on any atom is -0.390 e. The van der Waals surface area contributed by atoms with Crippen molar-refractivity contribution < 1.29 is 83.5 Å². The predicted octanol–water partition coefficient (Wildman–Crippen LogP) is -2.56. The maximum atomic E-state index is 11.6. The molecule has 2 aliphatic rings. The average Bonchev–Trinajstić information content (AvgIpc) is 3.03. The number of aliphatic hydroxyl groups is 8. The maximum absolute atomic E-state index is 11.6. The van der Waals surface area contributed by atoms with Gasteiger partial charge in [0.1, 0.15) is 61.0 Å². The number of rotatable bonds is 18. The van der Waals surface area contributed by atoms with Crippen molar-refractivity contribution in [2.45, 2.75) is 152 Å². The Morgan fingerprint density at radius 2 is 0.957 bits per heavy atom. The summed E-state index contributed by atoms with van der Waals surface area (Å²) in [5.74, 6) is -1.02. The van der Waals surface area contributed by atoms with Crippen molar-refractivity contribution in [3.63, 3.8) is 0 Å². The molecule has 2 fully saturated rings. The van der Waals surface area contributed by atoms with E-state index in [0.717, 1.165) is 0 Å². The molecule has 0 aromatic carbocycles. The molecule has 2 saturated heterocycles. The third kappa shape index (κ3) is 10.2. The molecule has 18 unspecified atom stereocenters. The van der Waals surface area contributed by atoms with Gasteiger partial charge in [0.2, 0.25) is 0 Å². The SMILES string of the molecule is COC(OC1C(OC)OC(C)C(O)C1O)C(O)C(OC(OC)C(O)C(OC1OC(C)C(O)C(O)C1OC)C(O)C(C)C)C(O)C(C)C. The molecule has 0 radical (unpaired) electrons. The van der Waals surface area contributed by atoms with Crippen LogP contribution in [0.2, 0.25) is 0 Å². The van der Waals surface area contributed by atoms with Gasteiger partial charge in [0.25, 0.3) is 0 Å². The molecule has 0 spiro atoms. The van der Waals surface area contributed by atoms with E-state index in [1.165, 1.54) is 42.3 Å². The second kappa shape index (κ2) is 19.1. The van der Waals surface area contributed by atoms with Crippen LogP contribution < -0.4 is 0 Å². The van der Waals surface area contributed by atoms with E-state index in [4.69, 9.17) is 42.6 Å². The number of aliphatic hydroxyl groups excluding tert-OH is 8. The molecule has 0 amide bonds. The van der Waals surface area contributed by atoms with Gasteiger partial charge in [0.05, 0.1) is 24.4 Å². The van der Waals surface area contributed by atoms with Gasteiger partial charge >= 0.3 is 0 Å². The fraction of sp³-hybridized carbons (Fsp3) is 1.00. The van der Waals surface area contributed by atoms with E-state index in [1.807, 2.05) is 0 Å². The van der Waals surface area contributed by atoms with Crippen molar-refractivity contribution >= 4 is 0 Å². The first kappa shape index (κ1) is 42.5. The minimum atomic E-state index is -1.81. The lowest BCUT2D eigenvalue weighted by Crippen LogP contribution is -2.62. The fourth-order valence-electron chi connectivity index (χ4n) is 5.51. The third-order valence-corrected chi connectivity index (χ3v) is 8.68. The monoisotopic (exact) mass is 690 g/mol. The first-order valence-corrected chi connectivity index (χ1v) is 15.8. The van der Waals surface area contributed by atoms with E-state index in [0.29, 0.717) is 0 Å². The van der Waals surface area contributed by atoms with Crippen LogP contribution in [-0.4, -0.2) is 180 Å². The van der Waals surface area contributed by atoms with E-state index >= 15 is 0 Å². The van der Waals surface area contributed by atoms with E-state index in [1.54, 1.807) is 27.7 Å². The van der Waals surface area contributed by atoms with Gasteiger partial charge in [-0.05, 0) is 25.7 Å². The number of hydrogen-bond donors (Lipinski definition) is 8. The summed E-state index contributed by atoms with van der Waals surface area (Å²) in [6.45, 7) is 9.66. The van der Waals surface area contributed by atoms with Crippen LogP contribution in [0, 0.1) is 11.8 Å². The molecule has 2 rings (SSSR count). The first-order valence-electron chi connectivity index (χ1n) is 15.8. The fourth-order valence-corrected chi connectivity index (χ4v) is 5.51. The van der Waals surface area contributed by atoms with Gasteiger partial charge in [-0.1, -0.05) is 27.7 Å². The van der Waals surface area contributed by atoms with Crippen LogP contribution in [-0.2, 0) is 42.6 Å². The average molecular weight is 691 g/mol. The van der Waals surface area contributed by atoms with Gasteiger partial charge in [-0.2, -0.15) is 0 Å². The van der Waals surface area contributed by atoms with Crippen LogP contribution in [0.3, 0.4) is 0 Å². The van der Waals surface area contributed by atoms with Crippen molar-refractivity contribution in [3.8, 4) is 0 Å². The molecule has 0 aliphatic carbocycles. The highest BCUT2D eigenvalue weighted by Gasteiger charge is 2.50. The molecule has 17 heteroatoms. The highest BCUT2D eigenvalue weighted by atomic mass is 16.8. The van der Waals surface area contributed by atoms with Crippen molar-refractivity contribution in [3.05, 3.63) is 0 Å². The van der Waals surface area contributed by atoms with Crippen LogP contribution in [0.5, 0.6) is 0 Å². The Morgan fingerprint density at radius 1 is 0.511 bits per heavy atom. The predicted molar refractivity (Wildman–Crippen MR) is 160 cm³/mol. The summed E-state index contributed by atoms with van der Waals surface area (Å²) in [5.41, 5.74) is 0. The Morgan fingerprint density at radius 3 is 1.40 bits per heavy atom. The quantitative estimate of drug-likeness (QED) is 0.0689. The van der Waals surface area contributed by atoms with Gasteiger partial charge in [-0.15, -0.1) is 0 Å². The van der Waals surface area contributed by atoms with E-state index in [9.17, 15) is 40.9 Å². The third-order valence-electron chi connectivity index (χ3n) is 8.68. The van der Waals surface area contributed by atoms with E-state index in [2.05, 4.69) is 0 Å². The Labute approximate surface area is 276 Å². The number of hydrogen-bond acceptors (Lipinski definition) is 17. The molecule has 0 aromatic heterocycles. The molecule has 2 heterocycles. The van der Waals surface area contributed by atoms with Crippen molar-refractivity contribution in [2.75, 3.05) is 28.4 Å². The first-order chi connectivity index (χ1) is 22.0. The number of methoxy groups -OCH3 is 4. The van der Waals surface area contributed by atoms with Crippen molar-refractivity contribution in [2.24, 2.45) is 11.8 Å². The normalized spacial score (nSPS) is 37.3. The largest absolute Gasteiger partial charge is 0.390 e. The Hall–Kier alpha value is -0.680. The molecule has 47 heavy (non-hydrogen) atoms. The van der Waals surface area contributed by atoms with Gasteiger partial charge < -0.3 is 83.5 Å². The molecular weight excluding hydrogens is 632 g/mol. The standard InChI is InChI=1S/C30H58O17/c1-11(2)15(31)23(21(37)28(41-9)47-26-20(36)18(34)13(5)43-29(26)42-10)45-27(40-8)22(38)24(16(32)12(3)4)46-30-25(39-7)19(35)17(33)14(6)44-30/h11-38H,1-10H3. The van der Waals surface area contributed by atoms with Crippen LogP contribution in [0.25, 0.3) is 0 Å². The van der Waals surface area contributed by atoms with Crippen LogP contribution in [0.4, 0.5) is 0 Å². The Balaban J connectivity index is 2.39. The van der Waals surface area contributed by atoms with E-state index < -0.39 is 122 Å². The molecule has 17 nitrogen and oxygen atoms in total. The number of ether oxygens (including phenoxy) is 9. The highest BCUT2D eigenvalue weighted by Crippen LogP contribution is 2.31. The second-order valence-corrected chi connectivity index (χ2v) is 12.8. The summed E-state index contributed by atoms with van der Waals surface area (Å²) in [7, 11) is 4.94. The highest BCUT2D eigenvalue weighted by molar-refractivity contribution is 4.93. The molecule has 0 bridgehead atoms. The zero-order valence-electron chi connectivity index (χ0n) is 28.8. The smallest absolute Gasteiger partial charge is 0.187 e. The minimum absolute atomic E-state index is 0.491. The zero-order chi connectivity index (χ0) is 35.9. The molecule has 0 saturated carbocycles. The van der Waals surface area contributed by atoms with Gasteiger partial charge in [0.15, 0.2) is 25.2 Å². The van der Waals surface area contributed by atoms with Crippen molar-refractivity contribution in [1.29, 1.82) is 0 Å². The Kier molecular flexibility index (Phi) is 17.2. The topological polar surface area (TPSA) is 245 Å². The molecular formula is C30H58O17. The maximum Gasteiger partial charge on any atom is 0.187 e. The zero-order valence-corrected chi connectivity index (χ0v) is 28.8. The summed E-state index contributed by atoms with van der Waals surface area (Å²) in [4.78, 5) is 0. The van der Waals surface area contributed by atoms with Crippen LogP contribution >= 0.6 is 0 Å². The van der Waals surface area contributed by atoms with Crippen LogP contribution in [0.1, 0.15) is 41.5 Å². The lowest BCUT2D eigenvalue weighted by molar-refractivity contribution is -0.349. The molecule has 8 N–H and O–H groups in total. The lowest BCUT2D eigenvalue weighted by Gasteiger charge is -2.44. The van der Waals surface area contributed by atoms with Gasteiger partial charge in [-0.25, -0.2) is 0 Å². The molecule has 280 valence electrons. The lowest BCUT2D eigenvalue weighted by atomic mass is 9.95. The summed E-state index contributed by atoms with van der Waals surface area (Å²) in [6, 6.07) is 0. The van der Waals surface area contributed by atoms with E-state index in [-0.39, 0.29) is 0 Å². The summed E-state index contributed by atoms with van der Waals surface area (Å²) >= 11 is 0. The van der Waals surface area contributed by atoms with Gasteiger partial charge in [-0.3, -0.25) is 0 Å². The summed E-state index contributed by atoms with van der Waals surface area (Å²) in [5, 5.41) is 87.2. The van der Waals surface area contributed by atoms with Crippen LogP contribution in [0.15, 0.2) is 0 Å². The van der Waals surface area contributed by atoms with Gasteiger partial charge in [0, 0.05) is 28.4 Å². The van der Waals surface area contributed by atoms with Crippen molar-refractivity contribution in [1.82, 2.24) is 0 Å². The second-order valence-electron chi connectivity index (χ2n) is 12.8. The molecule has 2 aliphatic heterocycles. The summed E-state index contributed by atoms with van der Waals surface area (Å²) in [6.07, 6.45) is -25.1. The Bertz CT molecular complexity index is 881.